The zero-order valence-electron chi connectivity index (χ0n) is 10.8. The minimum absolute atomic E-state index is 0.0590. The zero-order chi connectivity index (χ0) is 14.9. The molecule has 8 heteroatoms. The molecule has 1 aromatic heterocycles. The molecular weight excluding hydrogens is 267 g/mol. The quantitative estimate of drug-likeness (QED) is 0.683. The minimum Gasteiger partial charge on any atom is -0.431 e. The smallest absolute Gasteiger partial charge is 0.311 e. The van der Waals surface area contributed by atoms with Gasteiger partial charge in [0.15, 0.2) is 0 Å². The Labute approximate surface area is 113 Å². The summed E-state index contributed by atoms with van der Waals surface area (Å²) < 4.78 is 18.5. The van der Waals surface area contributed by atoms with E-state index in [0.29, 0.717) is 11.4 Å². The molecule has 7 nitrogen and oxygen atoms in total. The maximum Gasteiger partial charge on any atom is 0.311 e. The highest BCUT2D eigenvalue weighted by Gasteiger charge is 2.19. The number of aromatic nitrogens is 2. The first-order valence-electron chi connectivity index (χ1n) is 5.61. The lowest BCUT2D eigenvalue weighted by atomic mass is 10.3. The largest absolute Gasteiger partial charge is 0.431 e. The van der Waals surface area contributed by atoms with Gasteiger partial charge < -0.3 is 10.5 Å². The number of anilines is 1. The van der Waals surface area contributed by atoms with Crippen LogP contribution in [-0.2, 0) is 0 Å². The van der Waals surface area contributed by atoms with Gasteiger partial charge >= 0.3 is 5.69 Å². The van der Waals surface area contributed by atoms with Gasteiger partial charge in [0.1, 0.15) is 17.5 Å². The predicted molar refractivity (Wildman–Crippen MR) is 69.0 cm³/mol. The van der Waals surface area contributed by atoms with E-state index in [4.69, 9.17) is 10.5 Å². The Hall–Kier alpha value is -2.77. The Morgan fingerprint density at radius 1 is 1.35 bits per heavy atom. The lowest BCUT2D eigenvalue weighted by Gasteiger charge is -2.10. The van der Waals surface area contributed by atoms with E-state index in [2.05, 4.69) is 9.97 Å². The summed E-state index contributed by atoms with van der Waals surface area (Å²) in [7, 11) is 0. The maximum atomic E-state index is 13.2. The first-order valence-corrected chi connectivity index (χ1v) is 5.61. The van der Waals surface area contributed by atoms with Crippen molar-refractivity contribution in [2.45, 2.75) is 13.8 Å². The second-order valence-corrected chi connectivity index (χ2v) is 4.06. The molecule has 0 aliphatic rings. The highest BCUT2D eigenvalue weighted by molar-refractivity contribution is 5.51. The molecule has 20 heavy (non-hydrogen) atoms. The highest BCUT2D eigenvalue weighted by Crippen LogP contribution is 2.33. The number of nitrogens with two attached hydrogens (primary N) is 1. The van der Waals surface area contributed by atoms with Gasteiger partial charge in [-0.25, -0.2) is 9.37 Å². The van der Waals surface area contributed by atoms with Gasteiger partial charge in [0.25, 0.3) is 0 Å². The normalized spacial score (nSPS) is 10.3. The number of ether oxygens (including phenoxy) is 1. The van der Waals surface area contributed by atoms with Gasteiger partial charge in [-0.2, -0.15) is 4.98 Å². The topological polar surface area (TPSA) is 104 Å². The number of nitro benzene ring substituents is 1. The molecule has 2 aromatic rings. The van der Waals surface area contributed by atoms with Crippen LogP contribution in [0.15, 0.2) is 18.2 Å². The van der Waals surface area contributed by atoms with Gasteiger partial charge in [-0.15, -0.1) is 0 Å². The average molecular weight is 278 g/mol. The third-order valence-electron chi connectivity index (χ3n) is 2.58. The molecule has 2 rings (SSSR count). The first-order chi connectivity index (χ1) is 9.38. The number of rotatable bonds is 3. The summed E-state index contributed by atoms with van der Waals surface area (Å²) in [6, 6.07) is 2.93. The summed E-state index contributed by atoms with van der Waals surface area (Å²) in [5.41, 5.74) is 5.73. The Morgan fingerprint density at radius 2 is 2.05 bits per heavy atom. The summed E-state index contributed by atoms with van der Waals surface area (Å²) in [5.74, 6) is -0.282. The number of nitrogens with zero attached hydrogens (tertiary/aromatic N) is 3. The molecular formula is C12H11FN4O3. The molecule has 0 atom stereocenters. The van der Waals surface area contributed by atoms with Crippen LogP contribution in [0.1, 0.15) is 11.4 Å². The van der Waals surface area contributed by atoms with Crippen LogP contribution >= 0.6 is 0 Å². The van der Waals surface area contributed by atoms with Crippen molar-refractivity contribution in [3.05, 3.63) is 45.5 Å². The summed E-state index contributed by atoms with van der Waals surface area (Å²) in [4.78, 5) is 18.2. The summed E-state index contributed by atoms with van der Waals surface area (Å²) in [6.45, 7) is 3.21. The second-order valence-electron chi connectivity index (χ2n) is 4.06. The lowest BCUT2D eigenvalue weighted by Crippen LogP contribution is -2.03. The van der Waals surface area contributed by atoms with Crippen molar-refractivity contribution in [2.24, 2.45) is 0 Å². The molecule has 1 aromatic carbocycles. The minimum atomic E-state index is -0.665. The van der Waals surface area contributed by atoms with Gasteiger partial charge in [-0.1, -0.05) is 0 Å². The molecule has 0 saturated heterocycles. The maximum absolute atomic E-state index is 13.2. The molecule has 0 fully saturated rings. The molecule has 104 valence electrons. The van der Waals surface area contributed by atoms with Crippen LogP contribution in [0, 0.1) is 29.8 Å². The van der Waals surface area contributed by atoms with Crippen LogP contribution in [0.4, 0.5) is 15.9 Å². The fourth-order valence-corrected chi connectivity index (χ4v) is 1.55. The molecule has 0 spiro atoms. The van der Waals surface area contributed by atoms with Crippen LogP contribution in [0.2, 0.25) is 0 Å². The fourth-order valence-electron chi connectivity index (χ4n) is 1.55. The van der Waals surface area contributed by atoms with Crippen LogP contribution in [-0.4, -0.2) is 14.9 Å². The van der Waals surface area contributed by atoms with Crippen molar-refractivity contribution < 1.29 is 14.1 Å². The molecule has 0 aliphatic heterocycles. The summed E-state index contributed by atoms with van der Waals surface area (Å²) in [6.07, 6.45) is 0. The molecule has 2 N–H and O–H groups in total. The molecule has 0 bridgehead atoms. The van der Waals surface area contributed by atoms with Gasteiger partial charge in [-0.3, -0.25) is 10.1 Å². The van der Waals surface area contributed by atoms with E-state index in [-0.39, 0.29) is 23.1 Å². The van der Waals surface area contributed by atoms with Crippen molar-refractivity contribution in [3.63, 3.8) is 0 Å². The number of hydrogen-bond acceptors (Lipinski definition) is 6. The number of hydrogen-bond donors (Lipinski definition) is 1. The van der Waals surface area contributed by atoms with E-state index in [1.165, 1.54) is 0 Å². The monoisotopic (exact) mass is 278 g/mol. The molecule has 0 amide bonds. The van der Waals surface area contributed by atoms with Crippen molar-refractivity contribution in [1.82, 2.24) is 9.97 Å². The van der Waals surface area contributed by atoms with E-state index in [1.54, 1.807) is 13.8 Å². The van der Waals surface area contributed by atoms with Gasteiger partial charge in [-0.05, 0) is 19.9 Å². The average Bonchev–Trinajstić information content (AvgIpc) is 2.35. The van der Waals surface area contributed by atoms with Crippen molar-refractivity contribution in [3.8, 4) is 11.6 Å². The third kappa shape index (κ3) is 2.63. The van der Waals surface area contributed by atoms with Gasteiger partial charge in [0.2, 0.25) is 11.6 Å². The number of nitro groups is 1. The van der Waals surface area contributed by atoms with E-state index >= 15 is 0 Å². The third-order valence-corrected chi connectivity index (χ3v) is 2.58. The van der Waals surface area contributed by atoms with Crippen LogP contribution in [0.5, 0.6) is 11.6 Å². The Morgan fingerprint density at radius 3 is 2.70 bits per heavy atom. The van der Waals surface area contributed by atoms with Crippen LogP contribution in [0.3, 0.4) is 0 Å². The lowest BCUT2D eigenvalue weighted by molar-refractivity contribution is -0.385. The van der Waals surface area contributed by atoms with Crippen molar-refractivity contribution >= 4 is 11.5 Å². The molecule has 0 saturated carbocycles. The number of aryl methyl sites for hydroxylation is 1. The molecule has 0 unspecified atom stereocenters. The molecule has 0 aliphatic carbocycles. The standard InChI is InChI=1S/C12H11FN4O3/c1-6-11(14)15-7(2)16-12(6)20-10-5-8(13)3-4-9(10)17(18)19/h3-5H,1-2H3,(H2,14,15,16). The molecule has 1 heterocycles. The van der Waals surface area contributed by atoms with Gasteiger partial charge in [0.05, 0.1) is 10.5 Å². The van der Waals surface area contributed by atoms with E-state index in [1.807, 2.05) is 0 Å². The Kier molecular flexibility index (Phi) is 3.47. The summed E-state index contributed by atoms with van der Waals surface area (Å²) in [5, 5.41) is 10.9. The van der Waals surface area contributed by atoms with Crippen LogP contribution in [0.25, 0.3) is 0 Å². The predicted octanol–water partition coefficient (Wildman–Crippen LogP) is 2.52. The van der Waals surface area contributed by atoms with Crippen molar-refractivity contribution in [1.29, 1.82) is 0 Å². The van der Waals surface area contributed by atoms with Crippen molar-refractivity contribution in [2.75, 3.05) is 5.73 Å². The summed E-state index contributed by atoms with van der Waals surface area (Å²) >= 11 is 0. The Bertz CT molecular complexity index is 691. The highest BCUT2D eigenvalue weighted by atomic mass is 19.1. The van der Waals surface area contributed by atoms with Crippen LogP contribution < -0.4 is 10.5 Å². The molecule has 0 radical (unpaired) electrons. The fraction of sp³-hybridized carbons (Fsp3) is 0.167. The second kappa shape index (κ2) is 5.08. The SMILES string of the molecule is Cc1nc(N)c(C)c(Oc2cc(F)ccc2[N+](=O)[O-])n1. The zero-order valence-corrected chi connectivity index (χ0v) is 10.8. The van der Waals surface area contributed by atoms with E-state index in [9.17, 15) is 14.5 Å². The number of benzene rings is 1. The number of halogens is 1. The number of nitrogen functional groups attached to an aromatic ring is 1. The van der Waals surface area contributed by atoms with E-state index < -0.39 is 10.7 Å². The first kappa shape index (κ1) is 13.7. The Balaban J connectivity index is 2.50. The van der Waals surface area contributed by atoms with Gasteiger partial charge in [0, 0.05) is 12.1 Å². The van der Waals surface area contributed by atoms with E-state index in [0.717, 1.165) is 18.2 Å².